The molecule has 1 aromatic rings. The smallest absolute Gasteiger partial charge is 0.248 e. The number of hydrogen-bond donors (Lipinski definition) is 1. The van der Waals surface area contributed by atoms with Crippen molar-refractivity contribution in [2.75, 3.05) is 4.72 Å². The SMILES string of the molecule is Cc1ccncc1NS(=O)(=O)C(C)C#N. The molecule has 0 amide bonds. The molecule has 1 N–H and O–H groups in total. The summed E-state index contributed by atoms with van der Waals surface area (Å²) in [5.41, 5.74) is 1.17. The lowest BCUT2D eigenvalue weighted by molar-refractivity contribution is 0.597. The summed E-state index contributed by atoms with van der Waals surface area (Å²) in [6, 6.07) is 3.36. The Bertz CT molecular complexity index is 490. The van der Waals surface area contributed by atoms with E-state index in [1.54, 1.807) is 25.3 Å². The van der Waals surface area contributed by atoms with Gasteiger partial charge in [0.25, 0.3) is 0 Å². The highest BCUT2D eigenvalue weighted by Gasteiger charge is 2.20. The van der Waals surface area contributed by atoms with E-state index in [1.807, 2.05) is 0 Å². The molecule has 0 spiro atoms. The first-order valence-electron chi connectivity index (χ1n) is 4.29. The first-order valence-corrected chi connectivity index (χ1v) is 5.84. The average molecular weight is 225 g/mol. The number of sulfonamides is 1. The fourth-order valence-electron chi connectivity index (χ4n) is 0.882. The number of hydrogen-bond acceptors (Lipinski definition) is 4. The highest BCUT2D eigenvalue weighted by atomic mass is 32.2. The molecule has 1 heterocycles. The zero-order valence-corrected chi connectivity index (χ0v) is 9.25. The van der Waals surface area contributed by atoms with Crippen LogP contribution in [0.15, 0.2) is 18.5 Å². The summed E-state index contributed by atoms with van der Waals surface area (Å²) in [5, 5.41) is 7.45. The summed E-state index contributed by atoms with van der Waals surface area (Å²) in [7, 11) is -3.64. The third kappa shape index (κ3) is 2.67. The van der Waals surface area contributed by atoms with Gasteiger partial charge in [0.1, 0.15) is 0 Å². The third-order valence-electron chi connectivity index (χ3n) is 1.94. The van der Waals surface area contributed by atoms with Crippen LogP contribution >= 0.6 is 0 Å². The molecule has 0 saturated heterocycles. The van der Waals surface area contributed by atoms with Gasteiger partial charge in [-0.3, -0.25) is 9.71 Å². The predicted molar refractivity (Wildman–Crippen MR) is 56.6 cm³/mol. The van der Waals surface area contributed by atoms with E-state index in [1.165, 1.54) is 13.1 Å². The van der Waals surface area contributed by atoms with Crippen molar-refractivity contribution >= 4 is 15.7 Å². The molecule has 5 nitrogen and oxygen atoms in total. The lowest BCUT2D eigenvalue weighted by atomic mass is 10.3. The van der Waals surface area contributed by atoms with E-state index in [4.69, 9.17) is 5.26 Å². The first-order chi connectivity index (χ1) is 6.97. The monoisotopic (exact) mass is 225 g/mol. The van der Waals surface area contributed by atoms with E-state index in [0.717, 1.165) is 5.56 Å². The minimum atomic E-state index is -3.64. The number of anilines is 1. The van der Waals surface area contributed by atoms with E-state index in [0.29, 0.717) is 5.69 Å². The molecule has 0 bridgehead atoms. The summed E-state index contributed by atoms with van der Waals surface area (Å²) in [6.45, 7) is 3.09. The molecule has 0 aliphatic carbocycles. The Balaban J connectivity index is 2.98. The van der Waals surface area contributed by atoms with E-state index in [9.17, 15) is 8.42 Å². The molecule has 80 valence electrons. The Morgan fingerprint density at radius 2 is 2.27 bits per heavy atom. The summed E-state index contributed by atoms with van der Waals surface area (Å²) < 4.78 is 25.4. The number of aromatic nitrogens is 1. The summed E-state index contributed by atoms with van der Waals surface area (Å²) in [4.78, 5) is 3.80. The van der Waals surface area contributed by atoms with Crippen LogP contribution in [0.25, 0.3) is 0 Å². The van der Waals surface area contributed by atoms with Gasteiger partial charge in [-0.2, -0.15) is 5.26 Å². The van der Waals surface area contributed by atoms with E-state index in [2.05, 4.69) is 9.71 Å². The van der Waals surface area contributed by atoms with E-state index in [-0.39, 0.29) is 0 Å². The lowest BCUT2D eigenvalue weighted by Gasteiger charge is -2.10. The van der Waals surface area contributed by atoms with Gasteiger partial charge < -0.3 is 0 Å². The van der Waals surface area contributed by atoms with Crippen molar-refractivity contribution in [1.82, 2.24) is 4.98 Å². The van der Waals surface area contributed by atoms with Crippen LogP contribution in [0.1, 0.15) is 12.5 Å². The second kappa shape index (κ2) is 4.28. The van der Waals surface area contributed by atoms with Crippen molar-refractivity contribution in [1.29, 1.82) is 5.26 Å². The van der Waals surface area contributed by atoms with Crippen molar-refractivity contribution < 1.29 is 8.42 Å². The zero-order valence-electron chi connectivity index (χ0n) is 8.43. The van der Waals surface area contributed by atoms with Gasteiger partial charge in [0.05, 0.1) is 18.0 Å². The minimum absolute atomic E-state index is 0.402. The number of nitrogens with one attached hydrogen (secondary N) is 1. The maximum atomic E-state index is 11.5. The topological polar surface area (TPSA) is 82.8 Å². The lowest BCUT2D eigenvalue weighted by Crippen LogP contribution is -2.24. The maximum absolute atomic E-state index is 11.5. The van der Waals surface area contributed by atoms with Gasteiger partial charge in [-0.05, 0) is 25.5 Å². The largest absolute Gasteiger partial charge is 0.281 e. The van der Waals surface area contributed by atoms with Crippen LogP contribution in [0.3, 0.4) is 0 Å². The molecular weight excluding hydrogens is 214 g/mol. The summed E-state index contributed by atoms with van der Waals surface area (Å²) in [5.74, 6) is 0. The van der Waals surface area contributed by atoms with Crippen LogP contribution < -0.4 is 4.72 Å². The van der Waals surface area contributed by atoms with Gasteiger partial charge in [-0.25, -0.2) is 8.42 Å². The van der Waals surface area contributed by atoms with Crippen molar-refractivity contribution in [3.8, 4) is 6.07 Å². The fourth-order valence-corrected chi connectivity index (χ4v) is 1.72. The second-order valence-corrected chi connectivity index (χ2v) is 5.11. The standard InChI is InChI=1S/C9H11N3O2S/c1-7-3-4-11-6-9(7)12-15(13,14)8(2)5-10/h3-4,6,8,12H,1-2H3. The van der Waals surface area contributed by atoms with Crippen LogP contribution in [0.5, 0.6) is 0 Å². The quantitative estimate of drug-likeness (QED) is 0.833. The van der Waals surface area contributed by atoms with Crippen molar-refractivity contribution in [2.24, 2.45) is 0 Å². The van der Waals surface area contributed by atoms with Gasteiger partial charge in [-0.15, -0.1) is 0 Å². The third-order valence-corrected chi connectivity index (χ3v) is 3.48. The number of nitrogens with zero attached hydrogens (tertiary/aromatic N) is 2. The molecule has 0 fully saturated rings. The van der Waals surface area contributed by atoms with Gasteiger partial charge in [0.2, 0.25) is 10.0 Å². The Morgan fingerprint density at radius 1 is 1.60 bits per heavy atom. The average Bonchev–Trinajstić information content (AvgIpc) is 2.20. The molecular formula is C9H11N3O2S. The zero-order chi connectivity index (χ0) is 11.5. The number of aryl methyl sites for hydroxylation is 1. The molecule has 0 aliphatic heterocycles. The molecule has 0 saturated carbocycles. The van der Waals surface area contributed by atoms with Crippen LogP contribution in [-0.4, -0.2) is 18.7 Å². The Hall–Kier alpha value is -1.61. The molecule has 1 unspecified atom stereocenters. The van der Waals surface area contributed by atoms with E-state index < -0.39 is 15.3 Å². The molecule has 1 rings (SSSR count). The van der Waals surface area contributed by atoms with Gasteiger partial charge in [-0.1, -0.05) is 0 Å². The van der Waals surface area contributed by atoms with Gasteiger partial charge in [0, 0.05) is 6.20 Å². The van der Waals surface area contributed by atoms with Crippen LogP contribution in [0.2, 0.25) is 0 Å². The second-order valence-electron chi connectivity index (χ2n) is 3.11. The Morgan fingerprint density at radius 3 is 2.80 bits per heavy atom. The predicted octanol–water partition coefficient (Wildman–Crippen LogP) is 1.04. The highest BCUT2D eigenvalue weighted by Crippen LogP contribution is 2.14. The first kappa shape index (κ1) is 11.5. The molecule has 0 radical (unpaired) electrons. The minimum Gasteiger partial charge on any atom is -0.281 e. The number of rotatable bonds is 3. The van der Waals surface area contributed by atoms with Gasteiger partial charge in [0.15, 0.2) is 5.25 Å². The van der Waals surface area contributed by atoms with Crippen molar-refractivity contribution in [3.63, 3.8) is 0 Å². The molecule has 1 aromatic heterocycles. The fraction of sp³-hybridized carbons (Fsp3) is 0.333. The normalized spacial score (nSPS) is 12.9. The molecule has 0 aromatic carbocycles. The molecule has 1 atom stereocenters. The highest BCUT2D eigenvalue weighted by molar-refractivity contribution is 7.93. The number of pyridine rings is 1. The Labute approximate surface area is 88.8 Å². The summed E-state index contributed by atoms with van der Waals surface area (Å²) >= 11 is 0. The molecule has 0 aliphatic rings. The van der Waals surface area contributed by atoms with E-state index >= 15 is 0 Å². The van der Waals surface area contributed by atoms with Crippen molar-refractivity contribution in [3.05, 3.63) is 24.0 Å². The maximum Gasteiger partial charge on any atom is 0.248 e. The summed E-state index contributed by atoms with van der Waals surface area (Å²) in [6.07, 6.45) is 2.98. The van der Waals surface area contributed by atoms with Crippen LogP contribution in [-0.2, 0) is 10.0 Å². The van der Waals surface area contributed by atoms with Crippen LogP contribution in [0.4, 0.5) is 5.69 Å². The number of nitriles is 1. The molecule has 6 heteroatoms. The van der Waals surface area contributed by atoms with Crippen molar-refractivity contribution in [2.45, 2.75) is 19.1 Å². The van der Waals surface area contributed by atoms with Crippen LogP contribution in [0, 0.1) is 18.3 Å². The molecule has 15 heavy (non-hydrogen) atoms. The van der Waals surface area contributed by atoms with Gasteiger partial charge >= 0.3 is 0 Å². The Kier molecular flexibility index (Phi) is 3.27.